The summed E-state index contributed by atoms with van der Waals surface area (Å²) < 4.78 is 5.76. The third kappa shape index (κ3) is 6.13. The van der Waals surface area contributed by atoms with E-state index >= 15 is 0 Å². The number of aromatic nitrogens is 1. The molecule has 1 heterocycles. The molecule has 1 aromatic heterocycles. The highest BCUT2D eigenvalue weighted by atomic mass is 16.5. The zero-order valence-corrected chi connectivity index (χ0v) is 21.2. The number of fused-ring (bicyclic) bond motifs is 1. The van der Waals surface area contributed by atoms with Gasteiger partial charge in [0, 0.05) is 24.7 Å². The second kappa shape index (κ2) is 10.4. The van der Waals surface area contributed by atoms with E-state index in [4.69, 9.17) is 9.72 Å². The monoisotopic (exact) mass is 448 g/mol. The molecule has 4 nitrogen and oxygen atoms in total. The molecular formula is C29H40N2O2. The molecule has 2 aliphatic carbocycles. The van der Waals surface area contributed by atoms with Crippen molar-refractivity contribution in [2.45, 2.75) is 54.4 Å². The van der Waals surface area contributed by atoms with E-state index in [2.05, 4.69) is 76.4 Å². The molecule has 0 radical (unpaired) electrons. The van der Waals surface area contributed by atoms with E-state index in [1.165, 1.54) is 5.57 Å². The van der Waals surface area contributed by atoms with Crippen LogP contribution in [0.15, 0.2) is 53.4 Å². The van der Waals surface area contributed by atoms with Gasteiger partial charge in [-0.2, -0.15) is 0 Å². The third-order valence-electron chi connectivity index (χ3n) is 6.36. The summed E-state index contributed by atoms with van der Waals surface area (Å²) in [7, 11) is 1.71. The number of carbonyl (C=O) groups excluding carboxylic acids is 1. The zero-order chi connectivity index (χ0) is 24.2. The van der Waals surface area contributed by atoms with Crippen LogP contribution in [0.2, 0.25) is 0 Å². The third-order valence-corrected chi connectivity index (χ3v) is 6.36. The number of amides is 1. The standard InChI is InChI=1S/C29H38N2O2.H2/c1-19-9-8-10-22-17-25(21(3)31-26(22)16-11-19)28(32)30-18-23-13-15-24(29(4,5)6)14-12-20(2)27(23)33-7;/h8-10,13-17,19-20H,11-12,18H2,1-7H3,(H,30,32);1H/b9-8-,15-13-,22-10-,24-14-,26-16-,27-23-;. The summed E-state index contributed by atoms with van der Waals surface area (Å²) in [5.41, 5.74) is 3.72. The molecule has 0 bridgehead atoms. The summed E-state index contributed by atoms with van der Waals surface area (Å²) in [4.78, 5) is 17.9. The lowest BCUT2D eigenvalue weighted by atomic mass is 9.83. The van der Waals surface area contributed by atoms with Gasteiger partial charge in [-0.1, -0.05) is 77.2 Å². The van der Waals surface area contributed by atoms with Gasteiger partial charge in [-0.25, -0.2) is 0 Å². The Kier molecular flexibility index (Phi) is 7.78. The van der Waals surface area contributed by atoms with Crippen LogP contribution in [0.5, 0.6) is 0 Å². The van der Waals surface area contributed by atoms with Gasteiger partial charge in [0.2, 0.25) is 0 Å². The minimum absolute atomic E-state index is 0. The largest absolute Gasteiger partial charge is 0.500 e. The lowest BCUT2D eigenvalue weighted by Crippen LogP contribution is -2.34. The van der Waals surface area contributed by atoms with Crippen molar-refractivity contribution in [2.24, 2.45) is 17.3 Å². The van der Waals surface area contributed by atoms with Crippen molar-refractivity contribution in [3.8, 4) is 0 Å². The van der Waals surface area contributed by atoms with Gasteiger partial charge in [-0.3, -0.25) is 9.78 Å². The van der Waals surface area contributed by atoms with Gasteiger partial charge in [0.05, 0.1) is 23.7 Å². The molecule has 1 N–H and O–H groups in total. The average molecular weight is 449 g/mol. The molecule has 1 aromatic rings. The Morgan fingerprint density at radius 1 is 1.21 bits per heavy atom. The number of methoxy groups -OCH3 is 1. The van der Waals surface area contributed by atoms with Crippen LogP contribution >= 0.6 is 0 Å². The van der Waals surface area contributed by atoms with Crippen LogP contribution in [0, 0.1) is 24.2 Å². The van der Waals surface area contributed by atoms with Crippen LogP contribution in [0.3, 0.4) is 0 Å². The number of rotatable bonds is 4. The van der Waals surface area contributed by atoms with E-state index in [1.54, 1.807) is 7.11 Å². The second-order valence-corrected chi connectivity index (χ2v) is 10.2. The first kappa shape index (κ1) is 24.8. The topological polar surface area (TPSA) is 51.2 Å². The van der Waals surface area contributed by atoms with E-state index in [1.807, 2.05) is 19.1 Å². The first-order chi connectivity index (χ1) is 15.6. The molecular weight excluding hydrogens is 408 g/mol. The molecule has 3 rings (SSSR count). The molecule has 4 heteroatoms. The quantitative estimate of drug-likeness (QED) is 0.706. The van der Waals surface area contributed by atoms with Gasteiger partial charge in [-0.05, 0) is 42.7 Å². The highest BCUT2D eigenvalue weighted by Gasteiger charge is 2.21. The molecule has 0 saturated carbocycles. The van der Waals surface area contributed by atoms with Gasteiger partial charge in [0.25, 0.3) is 5.91 Å². The summed E-state index contributed by atoms with van der Waals surface area (Å²) >= 11 is 0. The van der Waals surface area contributed by atoms with Gasteiger partial charge < -0.3 is 10.1 Å². The van der Waals surface area contributed by atoms with Crippen molar-refractivity contribution < 1.29 is 11.0 Å². The molecule has 2 aliphatic rings. The fourth-order valence-electron chi connectivity index (χ4n) is 4.26. The van der Waals surface area contributed by atoms with E-state index in [-0.39, 0.29) is 18.7 Å². The van der Waals surface area contributed by atoms with Crippen molar-refractivity contribution in [2.75, 3.05) is 13.7 Å². The molecule has 178 valence electrons. The SMILES string of the molecule is CO/C1=C(CNC(=O)c2cc3/c(nc2C)=C/CC(C)/C=C\C=3)/C=C\C(C(C)(C)C)=C\CC1C.[HH]. The van der Waals surface area contributed by atoms with Gasteiger partial charge in [0.1, 0.15) is 5.76 Å². The Bertz CT molecular complexity index is 1150. The number of hydrogen-bond donors (Lipinski definition) is 1. The molecule has 0 fully saturated rings. The van der Waals surface area contributed by atoms with E-state index in [0.717, 1.165) is 40.4 Å². The van der Waals surface area contributed by atoms with Crippen LogP contribution in [0.1, 0.15) is 64.9 Å². The number of aryl methyl sites for hydroxylation is 1. The average Bonchev–Trinajstić information content (AvgIpc) is 2.72. The van der Waals surface area contributed by atoms with Crippen molar-refractivity contribution in [1.29, 1.82) is 0 Å². The molecule has 2 atom stereocenters. The number of nitrogens with one attached hydrogen (secondary N) is 1. The number of carbonyl (C=O) groups is 1. The summed E-state index contributed by atoms with van der Waals surface area (Å²) in [6, 6.07) is 1.95. The highest BCUT2D eigenvalue weighted by Crippen LogP contribution is 2.31. The number of hydrogen-bond acceptors (Lipinski definition) is 3. The molecule has 2 unspecified atom stereocenters. The number of ether oxygens (including phenoxy) is 1. The molecule has 0 aromatic carbocycles. The predicted octanol–water partition coefficient (Wildman–Crippen LogP) is 4.99. The van der Waals surface area contributed by atoms with Crippen LogP contribution in [-0.4, -0.2) is 24.5 Å². The van der Waals surface area contributed by atoms with Crippen LogP contribution in [0.25, 0.3) is 12.2 Å². The maximum absolute atomic E-state index is 13.2. The second-order valence-electron chi connectivity index (χ2n) is 10.2. The van der Waals surface area contributed by atoms with Gasteiger partial charge in [-0.15, -0.1) is 0 Å². The fourth-order valence-corrected chi connectivity index (χ4v) is 4.26. The smallest absolute Gasteiger partial charge is 0.253 e. The van der Waals surface area contributed by atoms with Crippen molar-refractivity contribution >= 4 is 18.1 Å². The normalized spacial score (nSPS) is 28.6. The predicted molar refractivity (Wildman–Crippen MR) is 139 cm³/mol. The maximum atomic E-state index is 13.2. The summed E-state index contributed by atoms with van der Waals surface area (Å²) in [5.74, 6) is 1.53. The van der Waals surface area contributed by atoms with E-state index in [9.17, 15) is 4.79 Å². The van der Waals surface area contributed by atoms with Gasteiger partial charge in [0.15, 0.2) is 0 Å². The van der Waals surface area contributed by atoms with Crippen LogP contribution in [0.4, 0.5) is 0 Å². The van der Waals surface area contributed by atoms with Gasteiger partial charge >= 0.3 is 0 Å². The Morgan fingerprint density at radius 2 is 1.97 bits per heavy atom. The lowest BCUT2D eigenvalue weighted by Gasteiger charge is -2.25. The van der Waals surface area contributed by atoms with Crippen LogP contribution in [-0.2, 0) is 4.74 Å². The van der Waals surface area contributed by atoms with E-state index < -0.39 is 0 Å². The number of allylic oxidation sites excluding steroid dienone is 6. The Labute approximate surface area is 200 Å². The molecule has 0 spiro atoms. The summed E-state index contributed by atoms with van der Waals surface area (Å²) in [6.07, 6.45) is 16.8. The minimum Gasteiger partial charge on any atom is -0.500 e. The lowest BCUT2D eigenvalue weighted by molar-refractivity contribution is 0.0955. The maximum Gasteiger partial charge on any atom is 0.253 e. The first-order valence-electron chi connectivity index (χ1n) is 11.9. The minimum atomic E-state index is -0.117. The van der Waals surface area contributed by atoms with E-state index in [0.29, 0.717) is 18.0 Å². The molecule has 0 aliphatic heterocycles. The molecule has 0 saturated heterocycles. The Morgan fingerprint density at radius 3 is 2.67 bits per heavy atom. The molecule has 33 heavy (non-hydrogen) atoms. The Balaban J connectivity index is 0.00000408. The Hall–Kier alpha value is -2.88. The summed E-state index contributed by atoms with van der Waals surface area (Å²) in [5, 5.41) is 5.03. The first-order valence-corrected chi connectivity index (χ1v) is 11.9. The summed E-state index contributed by atoms with van der Waals surface area (Å²) in [6.45, 7) is 13.3. The number of nitrogens with zero attached hydrogens (tertiary/aromatic N) is 1. The van der Waals surface area contributed by atoms with Crippen molar-refractivity contribution in [3.05, 3.63) is 75.2 Å². The highest BCUT2D eigenvalue weighted by molar-refractivity contribution is 5.95. The fraction of sp³-hybridized carbons (Fsp3) is 0.448. The van der Waals surface area contributed by atoms with Crippen LogP contribution < -0.4 is 15.9 Å². The number of pyridine rings is 1. The molecule has 1 amide bonds. The van der Waals surface area contributed by atoms with Crippen molar-refractivity contribution in [3.63, 3.8) is 0 Å². The zero-order valence-electron chi connectivity index (χ0n) is 21.2. The van der Waals surface area contributed by atoms with Crippen molar-refractivity contribution in [1.82, 2.24) is 10.3 Å².